The van der Waals surface area contributed by atoms with E-state index in [1.54, 1.807) is 25.1 Å². The second-order valence-electron chi connectivity index (χ2n) is 7.82. The van der Waals surface area contributed by atoms with Crippen LogP contribution in [0.4, 0.5) is 10.5 Å². The number of amides is 4. The molecule has 146 valence electrons. The molecule has 2 atom stereocenters. The molecule has 1 aliphatic carbocycles. The van der Waals surface area contributed by atoms with Crippen molar-refractivity contribution >= 4 is 29.3 Å². The molecule has 4 amide bonds. The number of imide groups is 1. The molecule has 1 saturated heterocycles. The molecule has 2 N–H and O–H groups in total. The number of Topliss-reactive ketones (excluding diaryl/α,β-unsaturated/α-hetero) is 1. The lowest BCUT2D eigenvalue weighted by Gasteiger charge is -2.22. The summed E-state index contributed by atoms with van der Waals surface area (Å²) in [5.74, 6) is -1.17. The third-order valence-electron chi connectivity index (χ3n) is 6.22. The molecule has 1 fully saturated rings. The van der Waals surface area contributed by atoms with Gasteiger partial charge in [0.15, 0.2) is 5.78 Å². The van der Waals surface area contributed by atoms with Gasteiger partial charge in [0.25, 0.3) is 5.91 Å². The molecule has 2 aliphatic heterocycles. The molecule has 0 saturated carbocycles. The molecule has 7 heteroatoms. The first-order valence-electron chi connectivity index (χ1n) is 9.61. The Morgan fingerprint density at radius 2 is 1.97 bits per heavy atom. The van der Waals surface area contributed by atoms with Gasteiger partial charge < -0.3 is 10.6 Å². The van der Waals surface area contributed by atoms with Crippen molar-refractivity contribution in [2.75, 3.05) is 11.9 Å². The van der Waals surface area contributed by atoms with Crippen molar-refractivity contribution in [3.8, 4) is 0 Å². The molecule has 2 aromatic rings. The topological polar surface area (TPSA) is 95.6 Å². The zero-order valence-electron chi connectivity index (χ0n) is 15.8. The second-order valence-corrected chi connectivity index (χ2v) is 7.82. The summed E-state index contributed by atoms with van der Waals surface area (Å²) in [4.78, 5) is 51.5. The molecule has 0 bridgehead atoms. The number of aryl methyl sites for hydroxylation is 1. The van der Waals surface area contributed by atoms with Crippen molar-refractivity contribution in [3.05, 3.63) is 64.7 Å². The monoisotopic (exact) mass is 389 g/mol. The second kappa shape index (κ2) is 6.01. The van der Waals surface area contributed by atoms with Crippen molar-refractivity contribution in [3.63, 3.8) is 0 Å². The number of nitrogens with one attached hydrogen (secondary N) is 2. The predicted molar refractivity (Wildman–Crippen MR) is 105 cm³/mol. The lowest BCUT2D eigenvalue weighted by molar-refractivity contribution is -0.131. The van der Waals surface area contributed by atoms with Crippen molar-refractivity contribution in [2.45, 2.75) is 31.2 Å². The fourth-order valence-electron chi connectivity index (χ4n) is 4.56. The maximum atomic E-state index is 13.2. The summed E-state index contributed by atoms with van der Waals surface area (Å²) < 4.78 is 0. The van der Waals surface area contributed by atoms with Crippen molar-refractivity contribution < 1.29 is 19.2 Å². The van der Waals surface area contributed by atoms with Crippen LogP contribution in [-0.2, 0) is 21.5 Å². The minimum atomic E-state index is -1.07. The number of carbonyl (C=O) groups is 4. The van der Waals surface area contributed by atoms with Crippen LogP contribution in [0.1, 0.15) is 46.3 Å². The van der Waals surface area contributed by atoms with Crippen LogP contribution in [0.5, 0.6) is 0 Å². The summed E-state index contributed by atoms with van der Waals surface area (Å²) in [6, 6.07) is 12.0. The van der Waals surface area contributed by atoms with E-state index in [1.165, 1.54) is 0 Å². The fourth-order valence-corrected chi connectivity index (χ4v) is 4.56. The Bertz CT molecular complexity index is 1110. The Balaban J connectivity index is 1.41. The van der Waals surface area contributed by atoms with Crippen molar-refractivity contribution in [1.82, 2.24) is 10.2 Å². The summed E-state index contributed by atoms with van der Waals surface area (Å²) in [6.45, 7) is 1.44. The highest BCUT2D eigenvalue weighted by Crippen LogP contribution is 2.41. The van der Waals surface area contributed by atoms with E-state index in [9.17, 15) is 19.2 Å². The number of rotatable bonds is 3. The zero-order chi connectivity index (χ0) is 20.3. The molecular weight excluding hydrogens is 370 g/mol. The molecule has 29 heavy (non-hydrogen) atoms. The molecular formula is C22H19N3O4. The number of urea groups is 1. The van der Waals surface area contributed by atoms with Gasteiger partial charge in [0, 0.05) is 11.3 Å². The van der Waals surface area contributed by atoms with Crippen LogP contribution in [0.25, 0.3) is 0 Å². The smallest absolute Gasteiger partial charge is 0.325 e. The molecule has 2 heterocycles. The van der Waals surface area contributed by atoms with Crippen LogP contribution in [0.2, 0.25) is 0 Å². The molecule has 0 unspecified atom stereocenters. The highest BCUT2D eigenvalue weighted by atomic mass is 16.2. The molecule has 7 nitrogen and oxygen atoms in total. The van der Waals surface area contributed by atoms with Gasteiger partial charge in [-0.25, -0.2) is 4.79 Å². The van der Waals surface area contributed by atoms with E-state index in [0.29, 0.717) is 24.1 Å². The average molecular weight is 389 g/mol. The minimum Gasteiger partial charge on any atom is -0.325 e. The summed E-state index contributed by atoms with van der Waals surface area (Å²) in [7, 11) is 0. The van der Waals surface area contributed by atoms with Crippen LogP contribution in [0, 0.1) is 0 Å². The molecule has 0 aromatic heterocycles. The SMILES string of the molecule is C[C@H]1C(=O)Nc2ccc(C(=O)CN3C(=O)N[C@@]4(CCc5ccccc54)C3=O)cc21. The number of anilines is 1. The quantitative estimate of drug-likeness (QED) is 0.622. The van der Waals surface area contributed by atoms with Crippen LogP contribution >= 0.6 is 0 Å². The largest absolute Gasteiger partial charge is 0.325 e. The molecule has 5 rings (SSSR count). The van der Waals surface area contributed by atoms with Gasteiger partial charge in [-0.3, -0.25) is 19.3 Å². The number of nitrogens with zero attached hydrogens (tertiary/aromatic N) is 1. The maximum absolute atomic E-state index is 13.2. The van der Waals surface area contributed by atoms with E-state index in [0.717, 1.165) is 21.6 Å². The normalized spacial score (nSPS) is 24.5. The van der Waals surface area contributed by atoms with E-state index in [2.05, 4.69) is 10.6 Å². The van der Waals surface area contributed by atoms with Gasteiger partial charge >= 0.3 is 6.03 Å². The highest BCUT2D eigenvalue weighted by molar-refractivity contribution is 6.12. The van der Waals surface area contributed by atoms with E-state index in [-0.39, 0.29) is 30.1 Å². The van der Waals surface area contributed by atoms with Crippen LogP contribution in [0.3, 0.4) is 0 Å². The first kappa shape index (κ1) is 17.6. The first-order chi connectivity index (χ1) is 13.9. The summed E-state index contributed by atoms with van der Waals surface area (Å²) >= 11 is 0. The Kier molecular flexibility index (Phi) is 3.65. The zero-order valence-corrected chi connectivity index (χ0v) is 15.8. The first-order valence-corrected chi connectivity index (χ1v) is 9.61. The number of fused-ring (bicyclic) bond motifs is 3. The number of ketones is 1. The van der Waals surface area contributed by atoms with Crippen LogP contribution in [-0.4, -0.2) is 35.1 Å². The standard InChI is InChI=1S/C22H19N3O4/c1-12-15-10-14(6-7-17(15)23-19(12)27)18(26)11-25-20(28)22(24-21(25)29)9-8-13-4-2-3-5-16(13)22/h2-7,10,12H,8-9,11H2,1H3,(H,23,27)(H,24,29)/t12-,22-/m1/s1. The Labute approximate surface area is 167 Å². The van der Waals surface area contributed by atoms with E-state index in [1.807, 2.05) is 24.3 Å². The van der Waals surface area contributed by atoms with Gasteiger partial charge in [-0.1, -0.05) is 24.3 Å². The average Bonchev–Trinajstić information content (AvgIpc) is 3.31. The van der Waals surface area contributed by atoms with E-state index in [4.69, 9.17) is 0 Å². The highest BCUT2D eigenvalue weighted by Gasteiger charge is 2.55. The van der Waals surface area contributed by atoms with E-state index < -0.39 is 11.6 Å². The van der Waals surface area contributed by atoms with Gasteiger partial charge in [0.1, 0.15) is 5.54 Å². The Hall–Kier alpha value is -3.48. The third kappa shape index (κ3) is 2.43. The predicted octanol–water partition coefficient (Wildman–Crippen LogP) is 2.32. The van der Waals surface area contributed by atoms with Crippen LogP contribution in [0.15, 0.2) is 42.5 Å². The summed E-state index contributed by atoms with van der Waals surface area (Å²) in [6.07, 6.45) is 1.19. The minimum absolute atomic E-state index is 0.111. The third-order valence-corrected chi connectivity index (χ3v) is 6.22. The number of hydrogen-bond acceptors (Lipinski definition) is 4. The molecule has 0 radical (unpaired) electrons. The summed E-state index contributed by atoms with van der Waals surface area (Å²) in [5.41, 5.74) is 2.59. The fraction of sp³-hybridized carbons (Fsp3) is 0.273. The molecule has 1 spiro atoms. The van der Waals surface area contributed by atoms with Gasteiger partial charge in [-0.05, 0) is 54.7 Å². The molecule has 2 aromatic carbocycles. The van der Waals surface area contributed by atoms with Crippen molar-refractivity contribution in [2.24, 2.45) is 0 Å². The molecule has 3 aliphatic rings. The Morgan fingerprint density at radius 1 is 1.17 bits per heavy atom. The van der Waals surface area contributed by atoms with Gasteiger partial charge in [-0.15, -0.1) is 0 Å². The Morgan fingerprint density at radius 3 is 2.79 bits per heavy atom. The van der Waals surface area contributed by atoms with Gasteiger partial charge in [0.05, 0.1) is 12.5 Å². The maximum Gasteiger partial charge on any atom is 0.325 e. The van der Waals surface area contributed by atoms with Crippen LogP contribution < -0.4 is 10.6 Å². The van der Waals surface area contributed by atoms with Crippen molar-refractivity contribution in [1.29, 1.82) is 0 Å². The van der Waals surface area contributed by atoms with E-state index >= 15 is 0 Å². The van der Waals surface area contributed by atoms with Gasteiger partial charge in [0.2, 0.25) is 5.91 Å². The number of benzene rings is 2. The lowest BCUT2D eigenvalue weighted by atomic mass is 9.91. The number of carbonyl (C=O) groups excluding carboxylic acids is 4. The number of hydrogen-bond donors (Lipinski definition) is 2. The lowest BCUT2D eigenvalue weighted by Crippen LogP contribution is -2.42. The summed E-state index contributed by atoms with van der Waals surface area (Å²) in [5, 5.41) is 5.59. The van der Waals surface area contributed by atoms with Gasteiger partial charge in [-0.2, -0.15) is 0 Å².